The molecule has 3 rings (SSSR count). The first-order chi connectivity index (χ1) is 10.2. The molecule has 0 radical (unpaired) electrons. The first-order valence-corrected chi connectivity index (χ1v) is 7.04. The Labute approximate surface area is 129 Å². The van der Waals surface area contributed by atoms with Crippen LogP contribution in [-0.4, -0.2) is 17.0 Å². The Kier molecular flexibility index (Phi) is 3.70. The number of fused-ring (bicyclic) bond motifs is 1. The summed E-state index contributed by atoms with van der Waals surface area (Å²) in [6.45, 7) is 0. The third-order valence-electron chi connectivity index (χ3n) is 2.89. The molecule has 0 saturated carbocycles. The molecule has 0 amide bonds. The molecular weight excluding hydrogens is 337 g/mol. The van der Waals surface area contributed by atoms with Crippen molar-refractivity contribution in [3.8, 4) is 11.6 Å². The zero-order valence-corrected chi connectivity index (χ0v) is 12.7. The van der Waals surface area contributed by atoms with Crippen LogP contribution in [0, 0.1) is 5.82 Å². The zero-order valence-electron chi connectivity index (χ0n) is 11.1. The Balaban J connectivity index is 2.10. The van der Waals surface area contributed by atoms with Crippen LogP contribution in [-0.2, 0) is 0 Å². The highest BCUT2D eigenvalue weighted by Gasteiger charge is 2.11. The molecule has 0 atom stereocenters. The number of rotatable bonds is 3. The Morgan fingerprint density at radius 2 is 1.95 bits per heavy atom. The number of nitrogens with zero attached hydrogens (tertiary/aromatic N) is 2. The molecule has 0 aliphatic carbocycles. The van der Waals surface area contributed by atoms with Crippen molar-refractivity contribution in [1.82, 2.24) is 9.97 Å². The molecule has 21 heavy (non-hydrogen) atoms. The van der Waals surface area contributed by atoms with Gasteiger partial charge in [-0.1, -0.05) is 12.1 Å². The van der Waals surface area contributed by atoms with E-state index >= 15 is 0 Å². The quantitative estimate of drug-likeness (QED) is 0.764. The molecule has 3 aromatic rings. The molecular formula is C15H11BrFN3O. The van der Waals surface area contributed by atoms with E-state index in [0.29, 0.717) is 22.1 Å². The lowest BCUT2D eigenvalue weighted by Gasteiger charge is -2.10. The van der Waals surface area contributed by atoms with Crippen molar-refractivity contribution in [2.75, 3.05) is 12.4 Å². The maximum Gasteiger partial charge on any atom is 0.232 e. The fraction of sp³-hybridized carbons (Fsp3) is 0.0667. The summed E-state index contributed by atoms with van der Waals surface area (Å²) in [5.74, 6) is 1.03. The number of aromatic nitrogens is 2. The van der Waals surface area contributed by atoms with E-state index in [4.69, 9.17) is 4.74 Å². The van der Waals surface area contributed by atoms with Crippen molar-refractivity contribution in [2.45, 2.75) is 0 Å². The van der Waals surface area contributed by atoms with Crippen LogP contribution in [0.3, 0.4) is 0 Å². The van der Waals surface area contributed by atoms with Crippen molar-refractivity contribution in [3.05, 3.63) is 52.8 Å². The van der Waals surface area contributed by atoms with Crippen LogP contribution in [0.25, 0.3) is 10.9 Å². The maximum atomic E-state index is 13.1. The van der Waals surface area contributed by atoms with E-state index in [0.717, 1.165) is 10.9 Å². The summed E-state index contributed by atoms with van der Waals surface area (Å²) < 4.78 is 19.5. The van der Waals surface area contributed by atoms with Gasteiger partial charge < -0.3 is 10.1 Å². The summed E-state index contributed by atoms with van der Waals surface area (Å²) in [5, 5.41) is 3.68. The summed E-state index contributed by atoms with van der Waals surface area (Å²) >= 11 is 3.28. The largest absolute Gasteiger partial charge is 0.437 e. The standard InChI is InChI=1S/C15H11BrFN3O/c1-18-15-19-12-5-3-2-4-10(12)14(20-15)21-13-7-6-9(17)8-11(13)16/h2-8H,1H3,(H,18,19,20). The molecule has 0 aliphatic rings. The first-order valence-electron chi connectivity index (χ1n) is 6.25. The van der Waals surface area contributed by atoms with Gasteiger partial charge in [0.1, 0.15) is 11.6 Å². The molecule has 2 aromatic carbocycles. The van der Waals surface area contributed by atoms with E-state index in [1.165, 1.54) is 12.1 Å². The number of hydrogen-bond acceptors (Lipinski definition) is 4. The molecule has 0 fully saturated rings. The second-order valence-corrected chi connectivity index (χ2v) is 5.15. The first kappa shape index (κ1) is 13.8. The number of nitrogens with one attached hydrogen (secondary N) is 1. The van der Waals surface area contributed by atoms with Gasteiger partial charge in [0.15, 0.2) is 0 Å². The summed E-state index contributed by atoms with van der Waals surface area (Å²) in [4.78, 5) is 8.68. The van der Waals surface area contributed by atoms with Gasteiger partial charge in [-0.15, -0.1) is 0 Å². The van der Waals surface area contributed by atoms with Crippen LogP contribution < -0.4 is 10.1 Å². The summed E-state index contributed by atoms with van der Waals surface area (Å²) in [7, 11) is 1.74. The third kappa shape index (κ3) is 2.80. The summed E-state index contributed by atoms with van der Waals surface area (Å²) in [6, 6.07) is 11.8. The molecule has 0 spiro atoms. The van der Waals surface area contributed by atoms with Gasteiger partial charge in [0.05, 0.1) is 15.4 Å². The molecule has 0 unspecified atom stereocenters. The van der Waals surface area contributed by atoms with Crippen LogP contribution in [0.4, 0.5) is 10.3 Å². The Morgan fingerprint density at radius 1 is 1.14 bits per heavy atom. The number of anilines is 1. The van der Waals surface area contributed by atoms with Gasteiger partial charge in [-0.05, 0) is 46.3 Å². The predicted octanol–water partition coefficient (Wildman–Crippen LogP) is 4.37. The van der Waals surface area contributed by atoms with Gasteiger partial charge in [-0.2, -0.15) is 4.98 Å². The SMILES string of the molecule is CNc1nc(Oc2ccc(F)cc2Br)c2ccccc2n1. The topological polar surface area (TPSA) is 47.0 Å². The predicted molar refractivity (Wildman–Crippen MR) is 83.3 cm³/mol. The van der Waals surface area contributed by atoms with Gasteiger partial charge in [0, 0.05) is 7.05 Å². The highest BCUT2D eigenvalue weighted by Crippen LogP contribution is 2.33. The Bertz CT molecular complexity index is 810. The molecule has 106 valence electrons. The molecule has 1 N–H and O–H groups in total. The molecule has 0 bridgehead atoms. The molecule has 6 heteroatoms. The second-order valence-electron chi connectivity index (χ2n) is 4.30. The Morgan fingerprint density at radius 3 is 2.71 bits per heavy atom. The number of para-hydroxylation sites is 1. The number of hydrogen-bond donors (Lipinski definition) is 1. The average molecular weight is 348 g/mol. The van der Waals surface area contributed by atoms with Crippen LogP contribution in [0.1, 0.15) is 0 Å². The monoisotopic (exact) mass is 347 g/mol. The summed E-state index contributed by atoms with van der Waals surface area (Å²) in [5.41, 5.74) is 0.769. The van der Waals surface area contributed by atoms with Crippen molar-refractivity contribution >= 4 is 32.8 Å². The molecule has 0 aliphatic heterocycles. The highest BCUT2D eigenvalue weighted by molar-refractivity contribution is 9.10. The van der Waals surface area contributed by atoms with Gasteiger partial charge >= 0.3 is 0 Å². The molecule has 4 nitrogen and oxygen atoms in total. The number of halogens is 2. The van der Waals surface area contributed by atoms with E-state index in [9.17, 15) is 4.39 Å². The van der Waals surface area contributed by atoms with Crippen molar-refractivity contribution in [3.63, 3.8) is 0 Å². The minimum atomic E-state index is -0.335. The minimum absolute atomic E-state index is 0.335. The van der Waals surface area contributed by atoms with Crippen molar-refractivity contribution < 1.29 is 9.13 Å². The lowest BCUT2D eigenvalue weighted by Crippen LogP contribution is -1.99. The Hall–Kier alpha value is -2.21. The molecule has 0 saturated heterocycles. The fourth-order valence-electron chi connectivity index (χ4n) is 1.90. The lowest BCUT2D eigenvalue weighted by molar-refractivity contribution is 0.464. The van der Waals surface area contributed by atoms with Crippen LogP contribution >= 0.6 is 15.9 Å². The van der Waals surface area contributed by atoms with Gasteiger partial charge in [-0.25, -0.2) is 9.37 Å². The van der Waals surface area contributed by atoms with Gasteiger partial charge in [0.2, 0.25) is 11.8 Å². The number of benzene rings is 2. The van der Waals surface area contributed by atoms with Gasteiger partial charge in [0.25, 0.3) is 0 Å². The highest BCUT2D eigenvalue weighted by atomic mass is 79.9. The summed E-state index contributed by atoms with van der Waals surface area (Å²) in [6.07, 6.45) is 0. The van der Waals surface area contributed by atoms with E-state index in [1.54, 1.807) is 13.1 Å². The molecule has 1 heterocycles. The van der Waals surface area contributed by atoms with E-state index < -0.39 is 0 Å². The normalized spacial score (nSPS) is 10.6. The fourth-order valence-corrected chi connectivity index (χ4v) is 2.33. The average Bonchev–Trinajstić information content (AvgIpc) is 2.49. The van der Waals surface area contributed by atoms with E-state index in [1.807, 2.05) is 24.3 Å². The molecule has 1 aromatic heterocycles. The number of ether oxygens (including phenoxy) is 1. The van der Waals surface area contributed by atoms with Gasteiger partial charge in [-0.3, -0.25) is 0 Å². The van der Waals surface area contributed by atoms with Crippen LogP contribution in [0.15, 0.2) is 46.9 Å². The maximum absolute atomic E-state index is 13.1. The third-order valence-corrected chi connectivity index (χ3v) is 3.51. The zero-order chi connectivity index (χ0) is 14.8. The van der Waals surface area contributed by atoms with E-state index in [2.05, 4.69) is 31.2 Å². The smallest absolute Gasteiger partial charge is 0.232 e. The van der Waals surface area contributed by atoms with Crippen molar-refractivity contribution in [1.29, 1.82) is 0 Å². The van der Waals surface area contributed by atoms with Crippen LogP contribution in [0.2, 0.25) is 0 Å². The van der Waals surface area contributed by atoms with Crippen LogP contribution in [0.5, 0.6) is 11.6 Å². The minimum Gasteiger partial charge on any atom is -0.437 e. The lowest BCUT2D eigenvalue weighted by atomic mass is 10.2. The second kappa shape index (κ2) is 5.65. The van der Waals surface area contributed by atoms with Crippen molar-refractivity contribution in [2.24, 2.45) is 0 Å². The van der Waals surface area contributed by atoms with E-state index in [-0.39, 0.29) is 5.82 Å².